The summed E-state index contributed by atoms with van der Waals surface area (Å²) >= 11 is 0. The number of nitrogens with one attached hydrogen (secondary N) is 1. The Kier molecular flexibility index (Phi) is 6.84. The van der Waals surface area contributed by atoms with Gasteiger partial charge in [-0.1, -0.05) is 50.1 Å². The Hall–Kier alpha value is -1.40. The number of unbranched alkanes of at least 4 members (excludes halogenated alkanes) is 2. The fourth-order valence-electron chi connectivity index (χ4n) is 2.04. The average Bonchev–Trinajstić information content (AvgIpc) is 2.44. The Morgan fingerprint density at radius 3 is 2.38 bits per heavy atom. The molecule has 0 radical (unpaired) electrons. The van der Waals surface area contributed by atoms with Gasteiger partial charge in [-0.15, -0.1) is 0 Å². The average molecular weight is 312 g/mol. The summed E-state index contributed by atoms with van der Waals surface area (Å²) in [7, 11) is -2.03. The lowest BCUT2D eigenvalue weighted by Crippen LogP contribution is -2.41. The topological polar surface area (TPSA) is 66.5 Å². The van der Waals surface area contributed by atoms with Crippen molar-refractivity contribution >= 4 is 15.9 Å². The Morgan fingerprint density at radius 1 is 1.24 bits per heavy atom. The van der Waals surface area contributed by atoms with E-state index in [0.717, 1.165) is 29.8 Å². The Labute approximate surface area is 127 Å². The number of amides is 1. The molecule has 0 aliphatic carbocycles. The largest absolute Gasteiger partial charge is 0.354 e. The van der Waals surface area contributed by atoms with Gasteiger partial charge in [-0.25, -0.2) is 8.42 Å². The lowest BCUT2D eigenvalue weighted by Gasteiger charge is -2.25. The van der Waals surface area contributed by atoms with E-state index >= 15 is 0 Å². The normalized spacial score (nSPS) is 13.1. The quantitative estimate of drug-likeness (QED) is 0.746. The number of hydrogen-bond acceptors (Lipinski definition) is 3. The van der Waals surface area contributed by atoms with Crippen molar-refractivity contribution in [1.82, 2.24) is 9.62 Å². The van der Waals surface area contributed by atoms with Gasteiger partial charge in [0.05, 0.1) is 6.26 Å². The van der Waals surface area contributed by atoms with Crippen molar-refractivity contribution in [1.29, 1.82) is 0 Å². The molecule has 0 heterocycles. The first-order valence-electron chi connectivity index (χ1n) is 7.13. The zero-order chi connectivity index (χ0) is 15.9. The van der Waals surface area contributed by atoms with Crippen LogP contribution in [0, 0.1) is 0 Å². The van der Waals surface area contributed by atoms with Crippen LogP contribution in [-0.2, 0) is 14.8 Å². The zero-order valence-corrected chi connectivity index (χ0v) is 13.7. The molecule has 5 nitrogen and oxygen atoms in total. The zero-order valence-electron chi connectivity index (χ0n) is 12.9. The standard InChI is InChI=1S/C15H24N2O3S/c1-4-5-9-12-16-15(18)14(17(2)21(3,19)20)13-10-7-6-8-11-13/h6-8,10-11,14H,4-5,9,12H2,1-3H3,(H,16,18)/t14-/m0/s1. The number of benzene rings is 1. The fourth-order valence-corrected chi connectivity index (χ4v) is 2.64. The number of nitrogens with zero attached hydrogens (tertiary/aromatic N) is 1. The Morgan fingerprint density at radius 2 is 1.86 bits per heavy atom. The highest BCUT2D eigenvalue weighted by Gasteiger charge is 2.30. The van der Waals surface area contributed by atoms with Crippen LogP contribution in [0.2, 0.25) is 0 Å². The van der Waals surface area contributed by atoms with E-state index in [1.54, 1.807) is 24.3 Å². The summed E-state index contributed by atoms with van der Waals surface area (Å²) in [4.78, 5) is 12.4. The third-order valence-electron chi connectivity index (χ3n) is 3.33. The van der Waals surface area contributed by atoms with Crippen LogP contribution in [0.3, 0.4) is 0 Å². The molecule has 0 aliphatic heterocycles. The second-order valence-electron chi connectivity index (χ2n) is 5.09. The molecule has 1 amide bonds. The molecule has 1 aromatic carbocycles. The van der Waals surface area contributed by atoms with Gasteiger partial charge in [-0.3, -0.25) is 4.79 Å². The second-order valence-corrected chi connectivity index (χ2v) is 7.13. The summed E-state index contributed by atoms with van der Waals surface area (Å²) < 4.78 is 24.7. The van der Waals surface area contributed by atoms with Gasteiger partial charge in [-0.05, 0) is 12.0 Å². The first kappa shape index (κ1) is 17.7. The molecule has 1 aromatic rings. The van der Waals surface area contributed by atoms with E-state index in [-0.39, 0.29) is 5.91 Å². The van der Waals surface area contributed by atoms with Crippen LogP contribution in [0.15, 0.2) is 30.3 Å². The highest BCUT2D eigenvalue weighted by atomic mass is 32.2. The number of sulfonamides is 1. The molecular formula is C15H24N2O3S. The third-order valence-corrected chi connectivity index (χ3v) is 4.59. The van der Waals surface area contributed by atoms with E-state index in [9.17, 15) is 13.2 Å². The van der Waals surface area contributed by atoms with E-state index < -0.39 is 16.1 Å². The van der Waals surface area contributed by atoms with Crippen molar-refractivity contribution in [3.8, 4) is 0 Å². The molecule has 1 rings (SSSR count). The van der Waals surface area contributed by atoms with E-state index in [2.05, 4.69) is 12.2 Å². The van der Waals surface area contributed by atoms with E-state index in [1.165, 1.54) is 7.05 Å². The molecule has 0 aromatic heterocycles. The molecular weight excluding hydrogens is 288 g/mol. The number of carbonyl (C=O) groups excluding carboxylic acids is 1. The highest BCUT2D eigenvalue weighted by molar-refractivity contribution is 7.88. The smallest absolute Gasteiger partial charge is 0.242 e. The Bertz CT molecular complexity index is 543. The van der Waals surface area contributed by atoms with Crippen molar-refractivity contribution in [2.24, 2.45) is 0 Å². The van der Waals surface area contributed by atoms with Gasteiger partial charge in [0, 0.05) is 13.6 Å². The van der Waals surface area contributed by atoms with Crippen LogP contribution in [0.1, 0.15) is 37.8 Å². The minimum absolute atomic E-state index is 0.287. The lowest BCUT2D eigenvalue weighted by molar-refractivity contribution is -0.124. The van der Waals surface area contributed by atoms with Crippen molar-refractivity contribution in [3.63, 3.8) is 0 Å². The van der Waals surface area contributed by atoms with Crippen LogP contribution in [0.5, 0.6) is 0 Å². The monoisotopic (exact) mass is 312 g/mol. The molecule has 0 fully saturated rings. The first-order chi connectivity index (χ1) is 9.88. The molecule has 0 saturated carbocycles. The second kappa shape index (κ2) is 8.14. The summed E-state index contributed by atoms with van der Waals surface area (Å²) in [6.07, 6.45) is 4.11. The highest BCUT2D eigenvalue weighted by Crippen LogP contribution is 2.21. The molecule has 0 bridgehead atoms. The van der Waals surface area contributed by atoms with Crippen LogP contribution < -0.4 is 5.32 Å². The van der Waals surface area contributed by atoms with Crippen molar-refractivity contribution in [2.75, 3.05) is 19.8 Å². The fraction of sp³-hybridized carbons (Fsp3) is 0.533. The molecule has 0 aliphatic rings. The summed E-state index contributed by atoms with van der Waals surface area (Å²) in [6.45, 7) is 2.65. The molecule has 0 saturated heterocycles. The van der Waals surface area contributed by atoms with Crippen LogP contribution in [-0.4, -0.2) is 38.5 Å². The summed E-state index contributed by atoms with van der Waals surface area (Å²) in [5.74, 6) is -0.287. The molecule has 1 N–H and O–H groups in total. The maximum atomic E-state index is 12.4. The van der Waals surface area contributed by atoms with Gasteiger partial charge in [-0.2, -0.15) is 4.31 Å². The van der Waals surface area contributed by atoms with Gasteiger partial charge in [0.2, 0.25) is 15.9 Å². The molecule has 6 heteroatoms. The van der Waals surface area contributed by atoms with Crippen LogP contribution in [0.4, 0.5) is 0 Å². The van der Waals surface area contributed by atoms with Crippen molar-refractivity contribution in [3.05, 3.63) is 35.9 Å². The van der Waals surface area contributed by atoms with E-state index in [1.807, 2.05) is 6.07 Å². The number of likely N-dealkylation sites (N-methyl/N-ethyl adjacent to an activating group) is 1. The lowest BCUT2D eigenvalue weighted by atomic mass is 10.1. The molecule has 0 unspecified atom stereocenters. The molecule has 0 spiro atoms. The molecule has 118 valence electrons. The van der Waals surface area contributed by atoms with Gasteiger partial charge in [0.25, 0.3) is 0 Å². The summed E-state index contributed by atoms with van der Waals surface area (Å²) in [5, 5.41) is 2.82. The summed E-state index contributed by atoms with van der Waals surface area (Å²) in [5.41, 5.74) is 0.665. The predicted octanol–water partition coefficient (Wildman–Crippen LogP) is 1.93. The van der Waals surface area contributed by atoms with Crippen molar-refractivity contribution < 1.29 is 13.2 Å². The van der Waals surface area contributed by atoms with Crippen LogP contribution >= 0.6 is 0 Å². The van der Waals surface area contributed by atoms with Crippen LogP contribution in [0.25, 0.3) is 0 Å². The van der Waals surface area contributed by atoms with E-state index in [0.29, 0.717) is 12.1 Å². The van der Waals surface area contributed by atoms with Gasteiger partial charge < -0.3 is 5.32 Å². The number of rotatable bonds is 8. The third kappa shape index (κ3) is 5.47. The first-order valence-corrected chi connectivity index (χ1v) is 8.98. The minimum atomic E-state index is -3.46. The summed E-state index contributed by atoms with van der Waals surface area (Å²) in [6, 6.07) is 8.12. The predicted molar refractivity (Wildman–Crippen MR) is 84.3 cm³/mol. The number of carbonyl (C=O) groups is 1. The maximum absolute atomic E-state index is 12.4. The maximum Gasteiger partial charge on any atom is 0.242 e. The van der Waals surface area contributed by atoms with Gasteiger partial charge in [0.15, 0.2) is 0 Å². The molecule has 21 heavy (non-hydrogen) atoms. The minimum Gasteiger partial charge on any atom is -0.354 e. The SMILES string of the molecule is CCCCCNC(=O)[C@H](c1ccccc1)N(C)S(C)(=O)=O. The molecule has 1 atom stereocenters. The van der Waals surface area contributed by atoms with E-state index in [4.69, 9.17) is 0 Å². The Balaban J connectivity index is 2.90. The number of hydrogen-bond donors (Lipinski definition) is 1. The van der Waals surface area contributed by atoms with Gasteiger partial charge in [0.1, 0.15) is 6.04 Å². The van der Waals surface area contributed by atoms with Gasteiger partial charge >= 0.3 is 0 Å². The van der Waals surface area contributed by atoms with Crippen molar-refractivity contribution in [2.45, 2.75) is 32.2 Å².